The van der Waals surface area contributed by atoms with Crippen LogP contribution in [0.2, 0.25) is 5.02 Å². The molecule has 0 spiro atoms. The van der Waals surface area contributed by atoms with E-state index in [2.05, 4.69) is 5.32 Å². The van der Waals surface area contributed by atoms with Crippen molar-refractivity contribution in [2.45, 2.75) is 19.8 Å². The third-order valence-corrected chi connectivity index (χ3v) is 5.21. The zero-order valence-electron chi connectivity index (χ0n) is 16.0. The van der Waals surface area contributed by atoms with E-state index >= 15 is 0 Å². The number of nitrogens with zero attached hydrogens (tertiary/aromatic N) is 1. The Hall–Kier alpha value is -2.40. The van der Waals surface area contributed by atoms with Gasteiger partial charge in [0.1, 0.15) is 5.82 Å². The van der Waals surface area contributed by atoms with Crippen molar-refractivity contribution in [3.63, 3.8) is 0 Å². The van der Waals surface area contributed by atoms with Crippen LogP contribution in [0.15, 0.2) is 48.5 Å². The predicted molar refractivity (Wildman–Crippen MR) is 108 cm³/mol. The van der Waals surface area contributed by atoms with Gasteiger partial charge >= 0.3 is 0 Å². The molecule has 1 aliphatic heterocycles. The summed E-state index contributed by atoms with van der Waals surface area (Å²) in [5.74, 6) is -0.997. The van der Waals surface area contributed by atoms with E-state index < -0.39 is 5.92 Å². The fraction of sp³-hybridized carbons (Fsp3) is 0.364. The molecule has 0 aromatic heterocycles. The second kappa shape index (κ2) is 8.74. The number of hydrogen-bond donors (Lipinski definition) is 1. The number of carbonyl (C=O) groups is 2. The zero-order valence-corrected chi connectivity index (χ0v) is 16.7. The molecule has 1 fully saturated rings. The van der Waals surface area contributed by atoms with Crippen molar-refractivity contribution in [2.24, 2.45) is 11.8 Å². The van der Waals surface area contributed by atoms with Crippen LogP contribution >= 0.6 is 11.6 Å². The molecule has 1 heterocycles. The van der Waals surface area contributed by atoms with Gasteiger partial charge in [-0.1, -0.05) is 43.6 Å². The Labute approximate surface area is 169 Å². The van der Waals surface area contributed by atoms with Gasteiger partial charge in [-0.2, -0.15) is 0 Å². The van der Waals surface area contributed by atoms with Gasteiger partial charge in [0.05, 0.1) is 5.92 Å². The van der Waals surface area contributed by atoms with Gasteiger partial charge < -0.3 is 10.2 Å². The topological polar surface area (TPSA) is 49.4 Å². The maximum atomic E-state index is 13.8. The van der Waals surface area contributed by atoms with Crippen LogP contribution in [-0.4, -0.2) is 36.3 Å². The highest BCUT2D eigenvalue weighted by Gasteiger charge is 2.40. The lowest BCUT2D eigenvalue weighted by Gasteiger charge is -2.19. The number of halogens is 2. The predicted octanol–water partition coefficient (Wildman–Crippen LogP) is 4.11. The number of amides is 2. The molecule has 1 saturated heterocycles. The first-order chi connectivity index (χ1) is 13.3. The number of rotatable bonds is 5. The van der Waals surface area contributed by atoms with Crippen molar-refractivity contribution in [3.05, 3.63) is 70.5 Å². The molecular formula is C22H24ClFN2O2. The molecule has 2 aromatic rings. The van der Waals surface area contributed by atoms with Crippen molar-refractivity contribution < 1.29 is 14.0 Å². The second-order valence-corrected chi connectivity index (χ2v) is 8.06. The Morgan fingerprint density at radius 1 is 1.18 bits per heavy atom. The first-order valence-electron chi connectivity index (χ1n) is 9.43. The Balaban J connectivity index is 1.85. The van der Waals surface area contributed by atoms with E-state index in [1.54, 1.807) is 35.2 Å². The number of benzene rings is 2. The fourth-order valence-electron chi connectivity index (χ4n) is 3.55. The SMILES string of the molecule is CC(C)CNC(=O)C1CN(C(=O)c2cccc(Cl)c2)CC1c1cccc(F)c1. The largest absolute Gasteiger partial charge is 0.356 e. The van der Waals surface area contributed by atoms with Gasteiger partial charge in [-0.25, -0.2) is 4.39 Å². The van der Waals surface area contributed by atoms with Crippen LogP contribution in [0.4, 0.5) is 4.39 Å². The summed E-state index contributed by atoms with van der Waals surface area (Å²) in [5.41, 5.74) is 1.21. The van der Waals surface area contributed by atoms with Gasteiger partial charge in [0.2, 0.25) is 5.91 Å². The molecule has 2 atom stereocenters. The lowest BCUT2D eigenvalue weighted by molar-refractivity contribution is -0.125. The number of likely N-dealkylation sites (tertiary alicyclic amines) is 1. The monoisotopic (exact) mass is 402 g/mol. The second-order valence-electron chi connectivity index (χ2n) is 7.63. The Kier molecular flexibility index (Phi) is 6.35. The van der Waals surface area contributed by atoms with Gasteiger partial charge in [-0.05, 0) is 41.8 Å². The van der Waals surface area contributed by atoms with Crippen molar-refractivity contribution in [1.82, 2.24) is 10.2 Å². The van der Waals surface area contributed by atoms with E-state index in [0.717, 1.165) is 5.56 Å². The summed E-state index contributed by atoms with van der Waals surface area (Å²) in [4.78, 5) is 27.4. The summed E-state index contributed by atoms with van der Waals surface area (Å²) in [5, 5.41) is 3.44. The quantitative estimate of drug-likeness (QED) is 0.818. The minimum Gasteiger partial charge on any atom is -0.356 e. The Bertz CT molecular complexity index is 871. The lowest BCUT2D eigenvalue weighted by atomic mass is 9.88. The van der Waals surface area contributed by atoms with E-state index in [0.29, 0.717) is 29.6 Å². The molecule has 4 nitrogen and oxygen atoms in total. The summed E-state index contributed by atoms with van der Waals surface area (Å²) >= 11 is 6.01. The van der Waals surface area contributed by atoms with Crippen LogP contribution < -0.4 is 5.32 Å². The zero-order chi connectivity index (χ0) is 20.3. The molecule has 1 aliphatic rings. The van der Waals surface area contributed by atoms with Crippen molar-refractivity contribution in [3.8, 4) is 0 Å². The molecule has 0 bridgehead atoms. The molecule has 0 radical (unpaired) electrons. The summed E-state index contributed by atoms with van der Waals surface area (Å²) in [6.07, 6.45) is 0. The van der Waals surface area contributed by atoms with Gasteiger partial charge in [-0.15, -0.1) is 0 Å². The van der Waals surface area contributed by atoms with E-state index in [1.165, 1.54) is 12.1 Å². The molecule has 148 valence electrons. The van der Waals surface area contributed by atoms with Crippen LogP contribution in [0.25, 0.3) is 0 Å². The van der Waals surface area contributed by atoms with Crippen LogP contribution in [-0.2, 0) is 4.79 Å². The van der Waals surface area contributed by atoms with Crippen molar-refractivity contribution in [1.29, 1.82) is 0 Å². The summed E-state index contributed by atoms with van der Waals surface area (Å²) < 4.78 is 13.8. The molecule has 2 amide bonds. The van der Waals surface area contributed by atoms with E-state index in [9.17, 15) is 14.0 Å². The third-order valence-electron chi connectivity index (χ3n) is 4.98. The van der Waals surface area contributed by atoms with Crippen LogP contribution in [0.1, 0.15) is 35.7 Å². The molecule has 6 heteroatoms. The molecule has 0 saturated carbocycles. The maximum Gasteiger partial charge on any atom is 0.253 e. The van der Waals surface area contributed by atoms with Gasteiger partial charge in [0.25, 0.3) is 5.91 Å². The minimum atomic E-state index is -0.427. The van der Waals surface area contributed by atoms with Crippen LogP contribution in [0.5, 0.6) is 0 Å². The Morgan fingerprint density at radius 3 is 2.61 bits per heavy atom. The summed E-state index contributed by atoms with van der Waals surface area (Å²) in [6, 6.07) is 13.0. The van der Waals surface area contributed by atoms with Crippen molar-refractivity contribution in [2.75, 3.05) is 19.6 Å². The van der Waals surface area contributed by atoms with E-state index in [1.807, 2.05) is 19.9 Å². The highest BCUT2D eigenvalue weighted by molar-refractivity contribution is 6.30. The summed E-state index contributed by atoms with van der Waals surface area (Å²) in [7, 11) is 0. The molecule has 2 aromatic carbocycles. The minimum absolute atomic E-state index is 0.107. The molecular weight excluding hydrogens is 379 g/mol. The lowest BCUT2D eigenvalue weighted by Crippen LogP contribution is -2.37. The highest BCUT2D eigenvalue weighted by atomic mass is 35.5. The normalized spacial score (nSPS) is 19.1. The van der Waals surface area contributed by atoms with E-state index in [-0.39, 0.29) is 30.1 Å². The summed E-state index contributed by atoms with van der Waals surface area (Å²) in [6.45, 7) is 5.25. The fourth-order valence-corrected chi connectivity index (χ4v) is 3.74. The number of nitrogens with one attached hydrogen (secondary N) is 1. The van der Waals surface area contributed by atoms with Crippen LogP contribution in [0.3, 0.4) is 0 Å². The molecule has 1 N–H and O–H groups in total. The third kappa shape index (κ3) is 4.71. The average Bonchev–Trinajstić information content (AvgIpc) is 3.11. The Morgan fingerprint density at radius 2 is 1.93 bits per heavy atom. The van der Waals surface area contributed by atoms with Crippen LogP contribution in [0, 0.1) is 17.7 Å². The molecule has 0 aliphatic carbocycles. The van der Waals surface area contributed by atoms with E-state index in [4.69, 9.17) is 11.6 Å². The molecule has 3 rings (SSSR count). The van der Waals surface area contributed by atoms with Gasteiger partial charge in [-0.3, -0.25) is 9.59 Å². The first-order valence-corrected chi connectivity index (χ1v) is 9.81. The highest BCUT2D eigenvalue weighted by Crippen LogP contribution is 2.34. The van der Waals surface area contributed by atoms with Gasteiger partial charge in [0.15, 0.2) is 0 Å². The maximum absolute atomic E-state index is 13.8. The molecule has 28 heavy (non-hydrogen) atoms. The smallest absolute Gasteiger partial charge is 0.253 e. The standard InChI is InChI=1S/C22H24ClFN2O2/c1-14(2)11-25-21(27)20-13-26(22(28)16-6-3-7-17(23)9-16)12-19(20)15-5-4-8-18(24)10-15/h3-10,14,19-20H,11-13H2,1-2H3,(H,25,27). The number of hydrogen-bond acceptors (Lipinski definition) is 2. The van der Waals surface area contributed by atoms with Crippen molar-refractivity contribution >= 4 is 23.4 Å². The molecule has 2 unspecified atom stereocenters. The first kappa shape index (κ1) is 20.3. The average molecular weight is 403 g/mol. The van der Waals surface area contributed by atoms with Gasteiger partial charge in [0, 0.05) is 36.1 Å². The number of carbonyl (C=O) groups excluding carboxylic acids is 2.